The van der Waals surface area contributed by atoms with Crippen LogP contribution in [-0.2, 0) is 6.42 Å². The van der Waals surface area contributed by atoms with Crippen molar-refractivity contribution in [1.82, 2.24) is 5.43 Å². The SMILES string of the molecule is NNC(Cc1ccc(F)c(Br)c1)c1cc(Cl)ccc1Cl. The molecule has 2 nitrogen and oxygen atoms in total. The smallest absolute Gasteiger partial charge is 0.137 e. The molecule has 3 N–H and O–H groups in total. The van der Waals surface area contributed by atoms with Gasteiger partial charge in [-0.2, -0.15) is 0 Å². The third-order valence-corrected chi connectivity index (χ3v) is 4.15. The van der Waals surface area contributed by atoms with E-state index in [1.54, 1.807) is 30.3 Å². The van der Waals surface area contributed by atoms with Crippen LogP contribution in [0.1, 0.15) is 17.2 Å². The highest BCUT2D eigenvalue weighted by Crippen LogP contribution is 2.29. The Morgan fingerprint density at radius 3 is 2.60 bits per heavy atom. The molecule has 0 aliphatic heterocycles. The summed E-state index contributed by atoms with van der Waals surface area (Å²) in [5, 5.41) is 1.17. The molecule has 0 spiro atoms. The van der Waals surface area contributed by atoms with E-state index in [0.29, 0.717) is 20.9 Å². The lowest BCUT2D eigenvalue weighted by Gasteiger charge is -2.18. The average molecular weight is 378 g/mol. The molecule has 20 heavy (non-hydrogen) atoms. The number of benzene rings is 2. The quantitative estimate of drug-likeness (QED) is 0.601. The van der Waals surface area contributed by atoms with Gasteiger partial charge in [0.05, 0.1) is 10.5 Å². The van der Waals surface area contributed by atoms with Crippen molar-refractivity contribution in [3.63, 3.8) is 0 Å². The van der Waals surface area contributed by atoms with Gasteiger partial charge in [0, 0.05) is 10.0 Å². The first-order valence-electron chi connectivity index (χ1n) is 5.86. The van der Waals surface area contributed by atoms with E-state index < -0.39 is 0 Å². The number of halogens is 4. The molecule has 106 valence electrons. The molecule has 0 aromatic heterocycles. The van der Waals surface area contributed by atoms with Gasteiger partial charge in [-0.15, -0.1) is 0 Å². The van der Waals surface area contributed by atoms with Gasteiger partial charge in [0.2, 0.25) is 0 Å². The molecule has 6 heteroatoms. The fourth-order valence-corrected chi connectivity index (χ4v) is 2.80. The van der Waals surface area contributed by atoms with E-state index in [0.717, 1.165) is 11.1 Å². The van der Waals surface area contributed by atoms with Crippen LogP contribution in [0.2, 0.25) is 10.0 Å². The van der Waals surface area contributed by atoms with Gasteiger partial charge in [-0.3, -0.25) is 11.3 Å². The molecule has 0 aliphatic carbocycles. The third-order valence-electron chi connectivity index (χ3n) is 2.96. The standard InChI is InChI=1S/C14H12BrCl2FN2/c15-11-5-8(1-4-13(11)18)6-14(20-19)10-7-9(16)2-3-12(10)17/h1-5,7,14,20H,6,19H2. The molecule has 2 aromatic rings. The predicted octanol–water partition coefficient (Wildman–Crippen LogP) is 4.64. The van der Waals surface area contributed by atoms with Crippen molar-refractivity contribution in [3.05, 3.63) is 67.9 Å². The maximum absolute atomic E-state index is 13.2. The highest BCUT2D eigenvalue weighted by Gasteiger charge is 2.15. The molecule has 2 aromatic carbocycles. The molecule has 2 rings (SSSR count). The lowest BCUT2D eigenvalue weighted by atomic mass is 9.99. The zero-order chi connectivity index (χ0) is 14.7. The predicted molar refractivity (Wildman–Crippen MR) is 84.3 cm³/mol. The van der Waals surface area contributed by atoms with Gasteiger partial charge >= 0.3 is 0 Å². The lowest BCUT2D eigenvalue weighted by molar-refractivity contribution is 0.550. The van der Waals surface area contributed by atoms with Crippen molar-refractivity contribution in [2.24, 2.45) is 5.84 Å². The van der Waals surface area contributed by atoms with Crippen LogP contribution in [-0.4, -0.2) is 0 Å². The molecule has 0 heterocycles. The molecular formula is C14H12BrCl2FN2. The third kappa shape index (κ3) is 3.71. The van der Waals surface area contributed by atoms with E-state index in [9.17, 15) is 4.39 Å². The van der Waals surface area contributed by atoms with Crippen LogP contribution in [0.3, 0.4) is 0 Å². The van der Waals surface area contributed by atoms with Crippen molar-refractivity contribution >= 4 is 39.1 Å². The summed E-state index contributed by atoms with van der Waals surface area (Å²) in [5.41, 5.74) is 4.45. The summed E-state index contributed by atoms with van der Waals surface area (Å²) in [6.07, 6.45) is 0.565. The number of hydrogen-bond acceptors (Lipinski definition) is 2. The number of nitrogens with two attached hydrogens (primary N) is 1. The second-order valence-electron chi connectivity index (χ2n) is 4.34. The zero-order valence-corrected chi connectivity index (χ0v) is 13.4. The first kappa shape index (κ1) is 15.7. The van der Waals surface area contributed by atoms with E-state index in [1.165, 1.54) is 6.07 Å². The summed E-state index contributed by atoms with van der Waals surface area (Å²) in [5.74, 6) is 5.30. The van der Waals surface area contributed by atoms with Crippen LogP contribution in [0.25, 0.3) is 0 Å². The summed E-state index contributed by atoms with van der Waals surface area (Å²) in [4.78, 5) is 0. The van der Waals surface area contributed by atoms with Gasteiger partial charge in [0.1, 0.15) is 5.82 Å². The Morgan fingerprint density at radius 2 is 1.95 bits per heavy atom. The second-order valence-corrected chi connectivity index (χ2v) is 6.04. The van der Waals surface area contributed by atoms with E-state index in [4.69, 9.17) is 29.0 Å². The van der Waals surface area contributed by atoms with Gasteiger partial charge < -0.3 is 0 Å². The molecule has 0 amide bonds. The van der Waals surface area contributed by atoms with E-state index in [-0.39, 0.29) is 11.9 Å². The molecule has 0 saturated carbocycles. The van der Waals surface area contributed by atoms with Crippen molar-refractivity contribution < 1.29 is 4.39 Å². The van der Waals surface area contributed by atoms with Gasteiger partial charge in [-0.05, 0) is 63.8 Å². The number of rotatable bonds is 4. The molecule has 0 radical (unpaired) electrons. The van der Waals surface area contributed by atoms with Gasteiger partial charge in [-0.1, -0.05) is 29.3 Å². The van der Waals surface area contributed by atoms with Crippen molar-refractivity contribution in [2.45, 2.75) is 12.5 Å². The zero-order valence-electron chi connectivity index (χ0n) is 10.3. The number of hydrogen-bond donors (Lipinski definition) is 2. The molecule has 0 saturated heterocycles. The average Bonchev–Trinajstić information content (AvgIpc) is 2.43. The summed E-state index contributed by atoms with van der Waals surface area (Å²) in [6, 6.07) is 9.85. The minimum atomic E-state index is -0.299. The summed E-state index contributed by atoms with van der Waals surface area (Å²) in [7, 11) is 0. The van der Waals surface area contributed by atoms with Crippen LogP contribution in [0, 0.1) is 5.82 Å². The van der Waals surface area contributed by atoms with Crippen LogP contribution >= 0.6 is 39.1 Å². The van der Waals surface area contributed by atoms with Crippen molar-refractivity contribution in [3.8, 4) is 0 Å². The Labute approximate surface area is 135 Å². The highest BCUT2D eigenvalue weighted by atomic mass is 79.9. The number of hydrazine groups is 1. The van der Waals surface area contributed by atoms with Gasteiger partial charge in [0.15, 0.2) is 0 Å². The Morgan fingerprint density at radius 1 is 1.20 bits per heavy atom. The second kappa shape index (κ2) is 6.87. The topological polar surface area (TPSA) is 38.0 Å². The molecule has 0 bridgehead atoms. The maximum Gasteiger partial charge on any atom is 0.137 e. The minimum absolute atomic E-state index is 0.210. The highest BCUT2D eigenvalue weighted by molar-refractivity contribution is 9.10. The van der Waals surface area contributed by atoms with Gasteiger partial charge in [0.25, 0.3) is 0 Å². The monoisotopic (exact) mass is 376 g/mol. The molecule has 0 aliphatic rings. The molecule has 0 fully saturated rings. The number of nitrogens with one attached hydrogen (secondary N) is 1. The van der Waals surface area contributed by atoms with E-state index in [1.807, 2.05) is 0 Å². The fourth-order valence-electron chi connectivity index (χ4n) is 1.94. The van der Waals surface area contributed by atoms with Gasteiger partial charge in [-0.25, -0.2) is 4.39 Å². The fraction of sp³-hybridized carbons (Fsp3) is 0.143. The van der Waals surface area contributed by atoms with E-state index >= 15 is 0 Å². The summed E-state index contributed by atoms with van der Waals surface area (Å²) in [6.45, 7) is 0. The van der Waals surface area contributed by atoms with Crippen LogP contribution < -0.4 is 11.3 Å². The van der Waals surface area contributed by atoms with Crippen LogP contribution in [0.15, 0.2) is 40.9 Å². The van der Waals surface area contributed by atoms with E-state index in [2.05, 4.69) is 21.4 Å². The lowest BCUT2D eigenvalue weighted by Crippen LogP contribution is -2.29. The summed E-state index contributed by atoms with van der Waals surface area (Å²) < 4.78 is 13.7. The van der Waals surface area contributed by atoms with Crippen molar-refractivity contribution in [1.29, 1.82) is 0 Å². The summed E-state index contributed by atoms with van der Waals surface area (Å²) >= 11 is 15.3. The minimum Gasteiger partial charge on any atom is -0.271 e. The largest absolute Gasteiger partial charge is 0.271 e. The Kier molecular flexibility index (Phi) is 5.41. The Balaban J connectivity index is 2.28. The normalized spacial score (nSPS) is 12.4. The Hall–Kier alpha value is -0.650. The Bertz CT molecular complexity index is 622. The molecule has 1 atom stereocenters. The molecular weight excluding hydrogens is 366 g/mol. The van der Waals surface area contributed by atoms with Crippen LogP contribution in [0.5, 0.6) is 0 Å². The molecule has 1 unspecified atom stereocenters. The maximum atomic E-state index is 13.2. The first-order chi connectivity index (χ1) is 9.51. The van der Waals surface area contributed by atoms with Crippen LogP contribution in [0.4, 0.5) is 4.39 Å². The first-order valence-corrected chi connectivity index (χ1v) is 7.41. The van der Waals surface area contributed by atoms with Crippen molar-refractivity contribution in [2.75, 3.05) is 0 Å².